The molecular weight excluding hydrogens is 302 g/mol. The van der Waals surface area contributed by atoms with Crippen LogP contribution in [0, 0.1) is 11.8 Å². The monoisotopic (exact) mass is 335 g/mol. The number of ketones is 2. The van der Waals surface area contributed by atoms with Crippen LogP contribution in [0.3, 0.4) is 0 Å². The van der Waals surface area contributed by atoms with Gasteiger partial charge in [0.2, 0.25) is 10.0 Å². The molecule has 0 aliphatic carbocycles. The highest BCUT2D eigenvalue weighted by molar-refractivity contribution is 7.89. The topological polar surface area (TPSA) is 80.3 Å². The molecule has 0 fully saturated rings. The lowest BCUT2D eigenvalue weighted by molar-refractivity contribution is -0.122. The van der Waals surface area contributed by atoms with Gasteiger partial charge < -0.3 is 0 Å². The third-order valence-corrected chi connectivity index (χ3v) is 5.23. The predicted molar refractivity (Wildman–Crippen MR) is 91.3 cm³/mol. The first-order valence-electron chi connectivity index (χ1n) is 8.22. The molecule has 1 atom stereocenters. The second kappa shape index (κ2) is 10.9. The Hall–Kier alpha value is -0.750. The first-order valence-corrected chi connectivity index (χ1v) is 9.87. The molecule has 0 aromatic rings. The minimum absolute atomic E-state index is 0. The summed E-state index contributed by atoms with van der Waals surface area (Å²) in [5, 5.41) is 0. The Morgan fingerprint density at radius 2 is 1.64 bits per heavy atom. The number of carbonyl (C=O) groups excluding carboxylic acids is 2. The second-order valence-electron chi connectivity index (χ2n) is 6.17. The van der Waals surface area contributed by atoms with Gasteiger partial charge in [-0.2, -0.15) is 0 Å². The van der Waals surface area contributed by atoms with Crippen molar-refractivity contribution in [3.8, 4) is 0 Å². The van der Waals surface area contributed by atoms with Crippen molar-refractivity contribution in [1.29, 1.82) is 0 Å². The summed E-state index contributed by atoms with van der Waals surface area (Å²) in [6.07, 6.45) is 3.85. The van der Waals surface area contributed by atoms with E-state index in [1.807, 2.05) is 13.8 Å². The van der Waals surface area contributed by atoms with Gasteiger partial charge in [-0.25, -0.2) is 13.1 Å². The van der Waals surface area contributed by atoms with Gasteiger partial charge in [-0.1, -0.05) is 34.1 Å². The zero-order chi connectivity index (χ0) is 17.2. The average molecular weight is 336 g/mol. The van der Waals surface area contributed by atoms with Crippen LogP contribution in [0.15, 0.2) is 0 Å². The standard InChI is InChI=1S/C16H31NO4S.H2/c1-5-14(4)16(19)9-7-6-8-11-17-22(20,21)12-10-15(18)13(2)3;/h13-14,17H,5-12H2,1-4H3;1H. The molecule has 1 N–H and O–H groups in total. The first kappa shape index (κ1) is 21.2. The quantitative estimate of drug-likeness (QED) is 0.525. The number of sulfonamides is 1. The molecule has 0 saturated carbocycles. The summed E-state index contributed by atoms with van der Waals surface area (Å²) in [4.78, 5) is 23.1. The molecule has 22 heavy (non-hydrogen) atoms. The van der Waals surface area contributed by atoms with Gasteiger partial charge >= 0.3 is 0 Å². The van der Waals surface area contributed by atoms with E-state index in [2.05, 4.69) is 4.72 Å². The average Bonchev–Trinajstić information content (AvgIpc) is 2.46. The molecule has 0 aromatic heterocycles. The fourth-order valence-corrected chi connectivity index (χ4v) is 2.97. The van der Waals surface area contributed by atoms with E-state index in [1.54, 1.807) is 13.8 Å². The zero-order valence-electron chi connectivity index (χ0n) is 14.4. The number of unbranched alkanes of at least 4 members (excludes halogenated alkanes) is 2. The van der Waals surface area contributed by atoms with Gasteiger partial charge in [0.1, 0.15) is 11.6 Å². The fraction of sp³-hybridized carbons (Fsp3) is 0.875. The predicted octanol–water partition coefficient (Wildman–Crippen LogP) is 2.94. The van der Waals surface area contributed by atoms with E-state index in [9.17, 15) is 18.0 Å². The molecule has 0 spiro atoms. The van der Waals surface area contributed by atoms with Gasteiger partial charge in [0.15, 0.2) is 0 Å². The van der Waals surface area contributed by atoms with Gasteiger partial charge in [0.25, 0.3) is 0 Å². The number of rotatable bonds is 13. The van der Waals surface area contributed by atoms with Crippen molar-refractivity contribution in [3.05, 3.63) is 0 Å². The van der Waals surface area contributed by atoms with Gasteiger partial charge in [-0.3, -0.25) is 9.59 Å². The number of hydrogen-bond donors (Lipinski definition) is 1. The maximum Gasteiger partial charge on any atom is 0.212 e. The van der Waals surface area contributed by atoms with Crippen LogP contribution in [0.25, 0.3) is 0 Å². The van der Waals surface area contributed by atoms with Crippen molar-refractivity contribution < 1.29 is 19.4 Å². The molecule has 1 unspecified atom stereocenters. The van der Waals surface area contributed by atoms with Gasteiger partial charge in [0.05, 0.1) is 5.75 Å². The van der Waals surface area contributed by atoms with Crippen LogP contribution < -0.4 is 4.72 Å². The Balaban J connectivity index is 0. The van der Waals surface area contributed by atoms with Gasteiger partial charge in [-0.15, -0.1) is 0 Å². The number of nitrogens with one attached hydrogen (secondary N) is 1. The SMILES string of the molecule is CCC(C)C(=O)CCCCCNS(=O)(=O)CCC(=O)C(C)C.[HH]. The minimum atomic E-state index is -3.37. The molecular formula is C16H33NO4S. The van der Waals surface area contributed by atoms with Gasteiger partial charge in [0, 0.05) is 32.6 Å². The Kier molecular flexibility index (Phi) is 10.5. The molecule has 132 valence electrons. The van der Waals surface area contributed by atoms with Crippen LogP contribution in [0.4, 0.5) is 0 Å². The molecule has 0 heterocycles. The molecule has 0 saturated heterocycles. The van der Waals surface area contributed by atoms with Crippen LogP contribution in [0.5, 0.6) is 0 Å². The molecule has 0 radical (unpaired) electrons. The number of Topliss-reactive ketones (excluding diaryl/α,β-unsaturated/α-hetero) is 2. The molecule has 0 aliphatic rings. The van der Waals surface area contributed by atoms with E-state index < -0.39 is 10.0 Å². The van der Waals surface area contributed by atoms with E-state index in [4.69, 9.17) is 0 Å². The summed E-state index contributed by atoms with van der Waals surface area (Å²) in [5.41, 5.74) is 0. The van der Waals surface area contributed by atoms with E-state index in [1.165, 1.54) is 0 Å². The molecule has 0 aliphatic heterocycles. The van der Waals surface area contributed by atoms with Crippen LogP contribution in [-0.4, -0.2) is 32.3 Å². The second-order valence-corrected chi connectivity index (χ2v) is 8.10. The van der Waals surface area contributed by atoms with Crippen molar-refractivity contribution in [3.63, 3.8) is 0 Å². The zero-order valence-corrected chi connectivity index (χ0v) is 15.2. The summed E-state index contributed by atoms with van der Waals surface area (Å²) in [6.45, 7) is 7.85. The molecule has 0 aromatic carbocycles. The van der Waals surface area contributed by atoms with Crippen molar-refractivity contribution in [2.24, 2.45) is 11.8 Å². The summed E-state index contributed by atoms with van der Waals surface area (Å²) in [6, 6.07) is 0. The smallest absolute Gasteiger partial charge is 0.212 e. The maximum atomic E-state index is 11.7. The van der Waals surface area contributed by atoms with Crippen LogP contribution in [-0.2, 0) is 19.6 Å². The summed E-state index contributed by atoms with van der Waals surface area (Å²) in [7, 11) is -3.37. The highest BCUT2D eigenvalue weighted by Crippen LogP contribution is 2.09. The van der Waals surface area contributed by atoms with E-state index in [0.717, 1.165) is 19.3 Å². The Labute approximate surface area is 136 Å². The lowest BCUT2D eigenvalue weighted by Crippen LogP contribution is -2.29. The maximum absolute atomic E-state index is 11.7. The first-order chi connectivity index (χ1) is 10.2. The summed E-state index contributed by atoms with van der Waals surface area (Å²) >= 11 is 0. The van der Waals surface area contributed by atoms with E-state index >= 15 is 0 Å². The summed E-state index contributed by atoms with van der Waals surface area (Å²) < 4.78 is 25.9. The highest BCUT2D eigenvalue weighted by Gasteiger charge is 2.14. The van der Waals surface area contributed by atoms with Crippen LogP contribution in [0.1, 0.15) is 67.6 Å². The lowest BCUT2D eigenvalue weighted by Gasteiger charge is -2.08. The Morgan fingerprint density at radius 3 is 2.18 bits per heavy atom. The highest BCUT2D eigenvalue weighted by atomic mass is 32.2. The van der Waals surface area contributed by atoms with Crippen LogP contribution in [0.2, 0.25) is 0 Å². The van der Waals surface area contributed by atoms with E-state index in [0.29, 0.717) is 19.4 Å². The minimum Gasteiger partial charge on any atom is -0.299 e. The third-order valence-electron chi connectivity index (χ3n) is 3.85. The van der Waals surface area contributed by atoms with Crippen molar-refractivity contribution in [1.82, 2.24) is 4.72 Å². The number of carbonyl (C=O) groups is 2. The Morgan fingerprint density at radius 1 is 1.00 bits per heavy atom. The fourth-order valence-electron chi connectivity index (χ4n) is 1.90. The van der Waals surface area contributed by atoms with Crippen molar-refractivity contribution in [2.45, 2.75) is 66.2 Å². The molecule has 0 amide bonds. The van der Waals surface area contributed by atoms with Crippen molar-refractivity contribution >= 4 is 21.6 Å². The number of hydrogen-bond acceptors (Lipinski definition) is 4. The van der Waals surface area contributed by atoms with Crippen LogP contribution >= 0.6 is 0 Å². The summed E-state index contributed by atoms with van der Waals surface area (Å²) in [5.74, 6) is 0.107. The van der Waals surface area contributed by atoms with Crippen molar-refractivity contribution in [2.75, 3.05) is 12.3 Å². The molecule has 5 nitrogen and oxygen atoms in total. The molecule has 0 rings (SSSR count). The van der Waals surface area contributed by atoms with E-state index in [-0.39, 0.29) is 37.0 Å². The third kappa shape index (κ3) is 10.1. The largest absolute Gasteiger partial charge is 0.299 e. The molecule has 0 bridgehead atoms. The molecule has 6 heteroatoms. The Bertz CT molecular complexity index is 449. The van der Waals surface area contributed by atoms with Gasteiger partial charge in [-0.05, 0) is 19.3 Å². The lowest BCUT2D eigenvalue weighted by atomic mass is 9.99. The normalized spacial score (nSPS) is 13.3.